The molecule has 0 N–H and O–H groups in total. The first-order valence-electron chi connectivity index (χ1n) is 4.52. The maximum Gasteiger partial charge on any atom is 0.332 e. The van der Waals surface area contributed by atoms with Gasteiger partial charge in [-0.05, 0) is 20.8 Å². The first-order valence-corrected chi connectivity index (χ1v) is 4.52. The summed E-state index contributed by atoms with van der Waals surface area (Å²) in [6, 6.07) is 2.98. The van der Waals surface area contributed by atoms with Gasteiger partial charge in [-0.15, -0.1) is 0 Å². The van der Waals surface area contributed by atoms with E-state index in [0.717, 1.165) is 4.57 Å². The van der Waals surface area contributed by atoms with Crippen molar-refractivity contribution >= 4 is 0 Å². The summed E-state index contributed by atoms with van der Waals surface area (Å²) in [7, 11) is 1.47. The van der Waals surface area contributed by atoms with Crippen LogP contribution in [0.5, 0.6) is 0 Å². The number of nitrogens with zero attached hydrogens (tertiary/aromatic N) is 3. The first-order chi connectivity index (χ1) is 6.79. The molecule has 5 heteroatoms. The molecule has 0 aliphatic heterocycles. The van der Waals surface area contributed by atoms with Gasteiger partial charge in [-0.1, -0.05) is 0 Å². The minimum atomic E-state index is -0.583. The van der Waals surface area contributed by atoms with Crippen LogP contribution in [0.1, 0.15) is 26.5 Å². The van der Waals surface area contributed by atoms with Gasteiger partial charge in [-0.3, -0.25) is 13.9 Å². The maximum absolute atomic E-state index is 11.8. The lowest BCUT2D eigenvalue weighted by molar-refractivity contribution is 0.357. The molecule has 0 atom stereocenters. The Bertz CT molecular complexity index is 538. The summed E-state index contributed by atoms with van der Waals surface area (Å²) in [4.78, 5) is 23.4. The van der Waals surface area contributed by atoms with E-state index in [1.54, 1.807) is 26.8 Å². The van der Waals surface area contributed by atoms with Gasteiger partial charge in [0.15, 0.2) is 0 Å². The number of aromatic nitrogens is 2. The zero-order chi connectivity index (χ0) is 11.8. The number of hydrogen-bond donors (Lipinski definition) is 0. The minimum absolute atomic E-state index is 0.0745. The average Bonchev–Trinajstić information content (AvgIpc) is 2.09. The van der Waals surface area contributed by atoms with Gasteiger partial charge in [0.1, 0.15) is 11.8 Å². The van der Waals surface area contributed by atoms with Crippen LogP contribution < -0.4 is 11.2 Å². The van der Waals surface area contributed by atoms with E-state index in [1.807, 2.05) is 0 Å². The number of nitriles is 1. The Balaban J connectivity index is 3.76. The largest absolute Gasteiger partial charge is 0.332 e. The van der Waals surface area contributed by atoms with E-state index >= 15 is 0 Å². The predicted molar refractivity (Wildman–Crippen MR) is 55.7 cm³/mol. The Morgan fingerprint density at radius 1 is 1.33 bits per heavy atom. The van der Waals surface area contributed by atoms with Crippen LogP contribution in [-0.4, -0.2) is 9.13 Å². The molecule has 0 unspecified atom stereocenters. The van der Waals surface area contributed by atoms with Crippen LogP contribution in [0.2, 0.25) is 0 Å². The smallest absolute Gasteiger partial charge is 0.288 e. The van der Waals surface area contributed by atoms with Crippen molar-refractivity contribution in [3.8, 4) is 6.07 Å². The van der Waals surface area contributed by atoms with E-state index in [0.29, 0.717) is 0 Å². The molecule has 0 amide bonds. The van der Waals surface area contributed by atoms with Crippen molar-refractivity contribution in [3.63, 3.8) is 0 Å². The van der Waals surface area contributed by atoms with Gasteiger partial charge in [0, 0.05) is 18.7 Å². The summed E-state index contributed by atoms with van der Waals surface area (Å²) in [6.07, 6.45) is 0. The topological polar surface area (TPSA) is 67.8 Å². The molecule has 0 saturated heterocycles. The Morgan fingerprint density at radius 3 is 2.27 bits per heavy atom. The van der Waals surface area contributed by atoms with Gasteiger partial charge >= 0.3 is 5.69 Å². The highest BCUT2D eigenvalue weighted by Crippen LogP contribution is 2.07. The summed E-state index contributed by atoms with van der Waals surface area (Å²) in [5.41, 5.74) is -1.42. The van der Waals surface area contributed by atoms with Crippen molar-refractivity contribution in [2.75, 3.05) is 0 Å². The van der Waals surface area contributed by atoms with Crippen LogP contribution in [0, 0.1) is 11.3 Å². The quantitative estimate of drug-likeness (QED) is 0.609. The maximum atomic E-state index is 11.8. The molecule has 15 heavy (non-hydrogen) atoms. The van der Waals surface area contributed by atoms with Crippen molar-refractivity contribution in [1.29, 1.82) is 5.26 Å². The second-order valence-corrected chi connectivity index (χ2v) is 4.33. The van der Waals surface area contributed by atoms with E-state index in [4.69, 9.17) is 5.26 Å². The van der Waals surface area contributed by atoms with Crippen LogP contribution in [0.3, 0.4) is 0 Å². The van der Waals surface area contributed by atoms with Gasteiger partial charge in [-0.25, -0.2) is 4.79 Å². The highest BCUT2D eigenvalue weighted by atomic mass is 16.2. The van der Waals surface area contributed by atoms with Crippen molar-refractivity contribution < 1.29 is 0 Å². The molecule has 80 valence electrons. The van der Waals surface area contributed by atoms with E-state index < -0.39 is 16.8 Å². The second-order valence-electron chi connectivity index (χ2n) is 4.33. The first kappa shape index (κ1) is 11.2. The fourth-order valence-corrected chi connectivity index (χ4v) is 1.35. The molecule has 0 radical (unpaired) electrons. The van der Waals surface area contributed by atoms with Crippen LogP contribution in [0.25, 0.3) is 0 Å². The molecule has 0 aliphatic carbocycles. The van der Waals surface area contributed by atoms with Crippen LogP contribution >= 0.6 is 0 Å². The third-order valence-electron chi connectivity index (χ3n) is 2.11. The zero-order valence-corrected chi connectivity index (χ0v) is 9.24. The average molecular weight is 207 g/mol. The zero-order valence-electron chi connectivity index (χ0n) is 9.24. The Labute approximate surface area is 87.2 Å². The highest BCUT2D eigenvalue weighted by molar-refractivity contribution is 5.19. The molecule has 0 saturated carbocycles. The lowest BCUT2D eigenvalue weighted by Crippen LogP contribution is -2.47. The Kier molecular flexibility index (Phi) is 2.54. The standard InChI is InChI=1S/C10H13N3O2/c1-10(2,3)13-8(14)5-7(6-11)12(4)9(13)15/h5H,1-4H3. The van der Waals surface area contributed by atoms with Crippen molar-refractivity contribution in [3.05, 3.63) is 32.6 Å². The van der Waals surface area contributed by atoms with Gasteiger partial charge < -0.3 is 0 Å². The van der Waals surface area contributed by atoms with E-state index in [9.17, 15) is 9.59 Å². The van der Waals surface area contributed by atoms with Gasteiger partial charge in [-0.2, -0.15) is 5.26 Å². The molecule has 0 aliphatic rings. The molecular weight excluding hydrogens is 194 g/mol. The Morgan fingerprint density at radius 2 is 1.87 bits per heavy atom. The van der Waals surface area contributed by atoms with Gasteiger partial charge in [0.05, 0.1) is 0 Å². The highest BCUT2D eigenvalue weighted by Gasteiger charge is 2.19. The molecule has 1 aromatic heterocycles. The minimum Gasteiger partial charge on any atom is -0.288 e. The molecule has 5 nitrogen and oxygen atoms in total. The van der Waals surface area contributed by atoms with Crippen molar-refractivity contribution in [1.82, 2.24) is 9.13 Å². The van der Waals surface area contributed by atoms with E-state index in [1.165, 1.54) is 17.7 Å². The SMILES string of the molecule is Cn1c(C#N)cc(=O)n(C(C)(C)C)c1=O. The lowest BCUT2D eigenvalue weighted by Gasteiger charge is -2.21. The summed E-state index contributed by atoms with van der Waals surface area (Å²) in [5.74, 6) is 0. The molecule has 0 aromatic carbocycles. The van der Waals surface area contributed by atoms with E-state index in [2.05, 4.69) is 0 Å². The fraction of sp³-hybridized carbons (Fsp3) is 0.500. The van der Waals surface area contributed by atoms with Gasteiger partial charge in [0.2, 0.25) is 0 Å². The summed E-state index contributed by atoms with van der Waals surface area (Å²) < 4.78 is 2.31. The summed E-state index contributed by atoms with van der Waals surface area (Å²) in [5, 5.41) is 8.70. The molecule has 0 spiro atoms. The molecular formula is C10H13N3O2. The summed E-state index contributed by atoms with van der Waals surface area (Å²) in [6.45, 7) is 5.30. The van der Waals surface area contributed by atoms with Gasteiger partial charge in [0.25, 0.3) is 5.56 Å². The van der Waals surface area contributed by atoms with E-state index in [-0.39, 0.29) is 5.69 Å². The molecule has 1 heterocycles. The molecule has 1 aromatic rings. The number of rotatable bonds is 0. The van der Waals surface area contributed by atoms with Crippen LogP contribution in [0.15, 0.2) is 15.7 Å². The molecule has 1 rings (SSSR count). The van der Waals surface area contributed by atoms with Crippen LogP contribution in [-0.2, 0) is 12.6 Å². The molecule has 0 fully saturated rings. The third-order valence-corrected chi connectivity index (χ3v) is 2.11. The lowest BCUT2D eigenvalue weighted by atomic mass is 10.1. The third kappa shape index (κ3) is 1.84. The normalized spacial score (nSPS) is 11.1. The number of hydrogen-bond acceptors (Lipinski definition) is 3. The Hall–Kier alpha value is -1.83. The van der Waals surface area contributed by atoms with Crippen molar-refractivity contribution in [2.24, 2.45) is 7.05 Å². The van der Waals surface area contributed by atoms with Crippen LogP contribution in [0.4, 0.5) is 0 Å². The second kappa shape index (κ2) is 3.39. The fourth-order valence-electron chi connectivity index (χ4n) is 1.35. The predicted octanol–water partition coefficient (Wildman–Crippen LogP) is 0.174. The van der Waals surface area contributed by atoms with Crippen molar-refractivity contribution in [2.45, 2.75) is 26.3 Å². The monoisotopic (exact) mass is 207 g/mol. The molecule has 0 bridgehead atoms. The summed E-state index contributed by atoms with van der Waals surface area (Å²) >= 11 is 0.